The van der Waals surface area contributed by atoms with E-state index in [0.29, 0.717) is 12.6 Å². The maximum atomic E-state index is 9.23. The fourth-order valence-corrected chi connectivity index (χ4v) is 3.93. The van der Waals surface area contributed by atoms with Gasteiger partial charge in [0.2, 0.25) is 0 Å². The van der Waals surface area contributed by atoms with Crippen molar-refractivity contribution in [3.63, 3.8) is 0 Å². The van der Waals surface area contributed by atoms with Crippen LogP contribution in [0.25, 0.3) is 9.88 Å². The molecule has 1 N–H and O–H groups in total. The summed E-state index contributed by atoms with van der Waals surface area (Å²) in [6.07, 6.45) is -0.0680. The molecule has 1 aliphatic heterocycles. The first-order valence-electron chi connectivity index (χ1n) is 6.71. The Kier molecular flexibility index (Phi) is 4.48. The van der Waals surface area contributed by atoms with E-state index in [1.807, 2.05) is 0 Å². The predicted molar refractivity (Wildman–Crippen MR) is 82.1 cm³/mol. The van der Waals surface area contributed by atoms with Crippen LogP contribution in [0.3, 0.4) is 0 Å². The summed E-state index contributed by atoms with van der Waals surface area (Å²) >= 11 is 3.42. The highest BCUT2D eigenvalue weighted by atomic mass is 32.1. The standard InChI is InChI=1S/C14H18N2O2S2/c1-10-8-18-12(7-17)6-16(10)5-11-9-20-14(15-11)13-3-2-4-19-13/h2-4,9-10,12,17H,5-8H2,1H3. The number of hydrogen-bond donors (Lipinski definition) is 1. The molecule has 0 radical (unpaired) electrons. The summed E-state index contributed by atoms with van der Waals surface area (Å²) in [5, 5.41) is 14.5. The van der Waals surface area contributed by atoms with Crippen LogP contribution in [0.4, 0.5) is 0 Å². The third kappa shape index (κ3) is 3.10. The van der Waals surface area contributed by atoms with E-state index in [1.165, 1.54) is 4.88 Å². The number of hydrogen-bond acceptors (Lipinski definition) is 6. The Labute approximate surface area is 126 Å². The van der Waals surface area contributed by atoms with Gasteiger partial charge in [0, 0.05) is 24.5 Å². The van der Waals surface area contributed by atoms with Gasteiger partial charge in [-0.2, -0.15) is 0 Å². The summed E-state index contributed by atoms with van der Waals surface area (Å²) < 4.78 is 5.56. The van der Waals surface area contributed by atoms with E-state index in [9.17, 15) is 5.11 Å². The molecule has 2 unspecified atom stereocenters. The van der Waals surface area contributed by atoms with Crippen molar-refractivity contribution in [1.82, 2.24) is 9.88 Å². The van der Waals surface area contributed by atoms with E-state index in [-0.39, 0.29) is 12.7 Å². The lowest BCUT2D eigenvalue weighted by Crippen LogP contribution is -2.48. The number of ether oxygens (including phenoxy) is 1. The number of aliphatic hydroxyl groups excluding tert-OH is 1. The molecule has 1 saturated heterocycles. The highest BCUT2D eigenvalue weighted by Gasteiger charge is 2.26. The van der Waals surface area contributed by atoms with Gasteiger partial charge < -0.3 is 9.84 Å². The Morgan fingerprint density at radius 2 is 2.40 bits per heavy atom. The fraction of sp³-hybridized carbons (Fsp3) is 0.500. The second-order valence-electron chi connectivity index (χ2n) is 5.04. The van der Waals surface area contributed by atoms with Crippen LogP contribution in [0, 0.1) is 0 Å². The Morgan fingerprint density at radius 1 is 1.50 bits per heavy atom. The SMILES string of the molecule is CC1COC(CO)CN1Cc1csc(-c2cccs2)n1. The molecule has 3 rings (SSSR count). The van der Waals surface area contributed by atoms with E-state index < -0.39 is 0 Å². The molecule has 4 nitrogen and oxygen atoms in total. The third-order valence-corrected chi connectivity index (χ3v) is 5.42. The van der Waals surface area contributed by atoms with Crippen LogP contribution in [0.1, 0.15) is 12.6 Å². The average Bonchev–Trinajstić information content (AvgIpc) is 3.12. The van der Waals surface area contributed by atoms with E-state index in [4.69, 9.17) is 9.72 Å². The minimum Gasteiger partial charge on any atom is -0.394 e. The van der Waals surface area contributed by atoms with Crippen LogP contribution < -0.4 is 0 Å². The molecule has 0 amide bonds. The van der Waals surface area contributed by atoms with E-state index in [0.717, 1.165) is 23.8 Å². The van der Waals surface area contributed by atoms with E-state index >= 15 is 0 Å². The molecule has 0 spiro atoms. The van der Waals surface area contributed by atoms with Crippen molar-refractivity contribution in [1.29, 1.82) is 0 Å². The fourth-order valence-electron chi connectivity index (χ4n) is 2.31. The largest absolute Gasteiger partial charge is 0.394 e. The van der Waals surface area contributed by atoms with Crippen LogP contribution in [0.2, 0.25) is 0 Å². The molecule has 2 aromatic heterocycles. The molecule has 6 heteroatoms. The molecule has 0 bridgehead atoms. The van der Waals surface area contributed by atoms with Crippen LogP contribution in [0.15, 0.2) is 22.9 Å². The van der Waals surface area contributed by atoms with Crippen LogP contribution >= 0.6 is 22.7 Å². The van der Waals surface area contributed by atoms with Gasteiger partial charge >= 0.3 is 0 Å². The maximum Gasteiger partial charge on any atom is 0.133 e. The lowest BCUT2D eigenvalue weighted by Gasteiger charge is -2.36. The van der Waals surface area contributed by atoms with Crippen molar-refractivity contribution in [2.24, 2.45) is 0 Å². The number of rotatable bonds is 4. The maximum absolute atomic E-state index is 9.23. The molecule has 1 aliphatic rings. The molecule has 0 saturated carbocycles. The van der Waals surface area contributed by atoms with Crippen molar-refractivity contribution < 1.29 is 9.84 Å². The Bertz CT molecular complexity index is 541. The number of thiophene rings is 1. The van der Waals surface area contributed by atoms with Gasteiger partial charge in [0.15, 0.2) is 0 Å². The Morgan fingerprint density at radius 3 is 3.15 bits per heavy atom. The quantitative estimate of drug-likeness (QED) is 0.942. The monoisotopic (exact) mass is 310 g/mol. The van der Waals surface area contributed by atoms with Gasteiger partial charge in [-0.1, -0.05) is 6.07 Å². The van der Waals surface area contributed by atoms with Crippen molar-refractivity contribution in [2.75, 3.05) is 19.8 Å². The van der Waals surface area contributed by atoms with Gasteiger partial charge in [0.1, 0.15) is 5.01 Å². The van der Waals surface area contributed by atoms with Crippen molar-refractivity contribution in [3.8, 4) is 9.88 Å². The molecule has 2 aromatic rings. The molecule has 0 aromatic carbocycles. The van der Waals surface area contributed by atoms with E-state index in [2.05, 4.69) is 34.7 Å². The number of aliphatic hydroxyl groups is 1. The molecule has 108 valence electrons. The zero-order chi connectivity index (χ0) is 13.9. The molecule has 20 heavy (non-hydrogen) atoms. The zero-order valence-corrected chi connectivity index (χ0v) is 13.0. The number of nitrogens with zero attached hydrogens (tertiary/aromatic N) is 2. The van der Waals surface area contributed by atoms with Gasteiger partial charge in [-0.05, 0) is 18.4 Å². The van der Waals surface area contributed by atoms with Gasteiger partial charge in [-0.3, -0.25) is 4.90 Å². The third-order valence-electron chi connectivity index (χ3n) is 3.49. The number of thiazole rings is 1. The summed E-state index contributed by atoms with van der Waals surface area (Å²) in [6, 6.07) is 4.52. The second-order valence-corrected chi connectivity index (χ2v) is 6.84. The molecule has 0 aliphatic carbocycles. The number of morpholine rings is 1. The lowest BCUT2D eigenvalue weighted by atomic mass is 10.2. The molecule has 1 fully saturated rings. The number of aromatic nitrogens is 1. The lowest BCUT2D eigenvalue weighted by molar-refractivity contribution is -0.0808. The van der Waals surface area contributed by atoms with Crippen molar-refractivity contribution >= 4 is 22.7 Å². The minimum absolute atomic E-state index is 0.0680. The van der Waals surface area contributed by atoms with Crippen molar-refractivity contribution in [3.05, 3.63) is 28.6 Å². The Hall–Kier alpha value is -0.790. The highest BCUT2D eigenvalue weighted by molar-refractivity contribution is 7.20. The predicted octanol–water partition coefficient (Wildman–Crippen LogP) is 2.45. The summed E-state index contributed by atoms with van der Waals surface area (Å²) in [6.45, 7) is 4.50. The molecule has 2 atom stereocenters. The van der Waals surface area contributed by atoms with E-state index in [1.54, 1.807) is 22.7 Å². The first-order chi connectivity index (χ1) is 9.76. The first-order valence-corrected chi connectivity index (χ1v) is 8.47. The summed E-state index contributed by atoms with van der Waals surface area (Å²) in [5.74, 6) is 0. The van der Waals surface area contributed by atoms with Crippen molar-refractivity contribution in [2.45, 2.75) is 25.6 Å². The second kappa shape index (κ2) is 6.32. The van der Waals surface area contributed by atoms with Crippen LogP contribution in [-0.2, 0) is 11.3 Å². The van der Waals surface area contributed by atoms with Gasteiger partial charge in [-0.15, -0.1) is 22.7 Å². The first kappa shape index (κ1) is 14.2. The van der Waals surface area contributed by atoms with Gasteiger partial charge in [0.25, 0.3) is 0 Å². The summed E-state index contributed by atoms with van der Waals surface area (Å²) in [5.41, 5.74) is 1.10. The normalized spacial score (nSPS) is 24.1. The van der Waals surface area contributed by atoms with Gasteiger partial charge in [-0.25, -0.2) is 4.98 Å². The topological polar surface area (TPSA) is 45.6 Å². The van der Waals surface area contributed by atoms with Crippen LogP contribution in [0.5, 0.6) is 0 Å². The molecular weight excluding hydrogens is 292 g/mol. The van der Waals surface area contributed by atoms with Crippen LogP contribution in [-0.4, -0.2) is 46.9 Å². The zero-order valence-electron chi connectivity index (χ0n) is 11.4. The molecule has 3 heterocycles. The molecular formula is C14H18N2O2S2. The minimum atomic E-state index is -0.0680. The highest BCUT2D eigenvalue weighted by Crippen LogP contribution is 2.28. The smallest absolute Gasteiger partial charge is 0.133 e. The summed E-state index contributed by atoms with van der Waals surface area (Å²) in [4.78, 5) is 8.27. The Balaban J connectivity index is 1.68. The average molecular weight is 310 g/mol. The van der Waals surface area contributed by atoms with Gasteiger partial charge in [0.05, 0.1) is 29.9 Å². The summed E-state index contributed by atoms with van der Waals surface area (Å²) in [7, 11) is 0.